The van der Waals surface area contributed by atoms with Gasteiger partial charge < -0.3 is 9.47 Å². The van der Waals surface area contributed by atoms with Gasteiger partial charge in [0.1, 0.15) is 12.7 Å². The number of hydrogen-bond acceptors (Lipinski definition) is 4. The largest absolute Gasteiger partial charge is 0.458 e. The Labute approximate surface area is 375 Å². The lowest BCUT2D eigenvalue weighted by Gasteiger charge is -2.29. The SMILES string of the molecule is CCCCCCC1CCC(c2ccc(-c3ccc(C(=O)OCC(OC(=O)c4ccc(-c5ccc(C6CCC(CCCCCC)CC6)cc5)cc4)C4CCCCC4)cc3)cc2)CC1. The second-order valence-corrected chi connectivity index (χ2v) is 19.5. The van der Waals surface area contributed by atoms with Crippen LogP contribution in [0.1, 0.15) is 205 Å². The highest BCUT2D eigenvalue weighted by atomic mass is 16.6. The molecule has 1 unspecified atom stereocenters. The van der Waals surface area contributed by atoms with Crippen molar-refractivity contribution in [2.24, 2.45) is 17.8 Å². The topological polar surface area (TPSA) is 52.6 Å². The molecule has 4 nitrogen and oxygen atoms in total. The molecule has 0 bridgehead atoms. The number of rotatable bonds is 20. The van der Waals surface area contributed by atoms with Crippen LogP contribution in [0.3, 0.4) is 0 Å². The van der Waals surface area contributed by atoms with Crippen LogP contribution in [0.15, 0.2) is 97.1 Å². The molecule has 0 N–H and O–H groups in total. The molecule has 3 fully saturated rings. The van der Waals surface area contributed by atoms with Crippen molar-refractivity contribution in [3.05, 3.63) is 119 Å². The van der Waals surface area contributed by atoms with E-state index in [0.717, 1.165) is 59.8 Å². The van der Waals surface area contributed by atoms with Crippen LogP contribution in [-0.2, 0) is 9.47 Å². The molecule has 0 saturated heterocycles. The molecule has 0 aliphatic heterocycles. The van der Waals surface area contributed by atoms with Crippen molar-refractivity contribution in [2.75, 3.05) is 6.61 Å². The van der Waals surface area contributed by atoms with Crippen LogP contribution in [0.2, 0.25) is 0 Å². The lowest BCUT2D eigenvalue weighted by Crippen LogP contribution is -2.33. The highest BCUT2D eigenvalue weighted by molar-refractivity contribution is 5.91. The molecule has 3 saturated carbocycles. The van der Waals surface area contributed by atoms with Gasteiger partial charge in [-0.25, -0.2) is 9.59 Å². The van der Waals surface area contributed by atoms with E-state index in [2.05, 4.69) is 62.4 Å². The van der Waals surface area contributed by atoms with Gasteiger partial charge in [-0.05, 0) is 151 Å². The van der Waals surface area contributed by atoms with Gasteiger partial charge in [0.25, 0.3) is 0 Å². The van der Waals surface area contributed by atoms with E-state index in [0.29, 0.717) is 23.0 Å². The van der Waals surface area contributed by atoms with E-state index >= 15 is 0 Å². The minimum absolute atomic E-state index is 0.0598. The average Bonchev–Trinajstić information content (AvgIpc) is 3.34. The number of hydrogen-bond donors (Lipinski definition) is 0. The maximum Gasteiger partial charge on any atom is 0.338 e. The zero-order chi connectivity index (χ0) is 42.9. The zero-order valence-corrected chi connectivity index (χ0v) is 38.3. The zero-order valence-electron chi connectivity index (χ0n) is 38.3. The van der Waals surface area contributed by atoms with E-state index in [1.807, 2.05) is 48.5 Å². The molecular weight excluding hydrogens is 761 g/mol. The fraction of sp³-hybridized carbons (Fsp3) is 0.552. The Kier molecular flexibility index (Phi) is 17.8. The van der Waals surface area contributed by atoms with Crippen molar-refractivity contribution in [3.63, 3.8) is 0 Å². The van der Waals surface area contributed by atoms with Gasteiger partial charge in [-0.1, -0.05) is 170 Å². The maximum absolute atomic E-state index is 13.6. The van der Waals surface area contributed by atoms with Crippen molar-refractivity contribution in [1.82, 2.24) is 0 Å². The fourth-order valence-electron chi connectivity index (χ4n) is 11.0. The number of ether oxygens (including phenoxy) is 2. The molecular formula is C58H76O4. The van der Waals surface area contributed by atoms with Crippen LogP contribution in [0, 0.1) is 17.8 Å². The van der Waals surface area contributed by atoms with E-state index in [1.54, 1.807) is 0 Å². The molecule has 3 aliphatic rings. The first-order valence-electron chi connectivity index (χ1n) is 25.3. The molecule has 0 radical (unpaired) electrons. The molecule has 62 heavy (non-hydrogen) atoms. The van der Waals surface area contributed by atoms with Crippen LogP contribution < -0.4 is 0 Å². The molecule has 4 aromatic carbocycles. The molecule has 0 aromatic heterocycles. The van der Waals surface area contributed by atoms with Gasteiger partial charge in [0, 0.05) is 0 Å². The minimum atomic E-state index is -0.478. The molecule has 0 heterocycles. The Hall–Kier alpha value is -4.18. The fourth-order valence-corrected chi connectivity index (χ4v) is 11.0. The lowest BCUT2D eigenvalue weighted by atomic mass is 9.77. The molecule has 3 aliphatic carbocycles. The van der Waals surface area contributed by atoms with E-state index in [1.165, 1.54) is 133 Å². The molecule has 1 atom stereocenters. The highest BCUT2D eigenvalue weighted by Gasteiger charge is 2.29. The first kappa shape index (κ1) is 45.8. The molecule has 332 valence electrons. The standard InChI is InChI=1S/C58H76O4/c1-3-5-7-10-14-43-18-22-45(23-19-43)47-26-30-49(31-27-47)51-34-38-54(39-35-51)57(59)61-42-56(53-16-12-9-13-17-53)62-58(60)55-40-36-52(37-41-55)50-32-28-48(29-33-50)46-24-20-44(21-25-46)15-11-8-6-4-2/h26-41,43-46,53,56H,3-25,42H2,1-2H3. The third-order valence-corrected chi connectivity index (χ3v) is 15.1. The first-order chi connectivity index (χ1) is 30.5. The summed E-state index contributed by atoms with van der Waals surface area (Å²) in [5, 5.41) is 0. The van der Waals surface area contributed by atoms with Crippen molar-refractivity contribution in [3.8, 4) is 22.3 Å². The second kappa shape index (κ2) is 24.0. The predicted octanol–water partition coefficient (Wildman–Crippen LogP) is 16.5. The molecule has 7 rings (SSSR count). The van der Waals surface area contributed by atoms with Crippen molar-refractivity contribution in [2.45, 2.75) is 179 Å². The van der Waals surface area contributed by atoms with Crippen LogP contribution in [-0.4, -0.2) is 24.6 Å². The summed E-state index contributed by atoms with van der Waals surface area (Å²) in [7, 11) is 0. The Bertz CT molecular complexity index is 1910. The number of benzene rings is 4. The van der Waals surface area contributed by atoms with Crippen molar-refractivity contribution >= 4 is 11.9 Å². The summed E-state index contributed by atoms with van der Waals surface area (Å²) >= 11 is 0. The van der Waals surface area contributed by atoms with Gasteiger partial charge in [-0.15, -0.1) is 0 Å². The summed E-state index contributed by atoms with van der Waals surface area (Å²) in [5.41, 5.74) is 8.44. The lowest BCUT2D eigenvalue weighted by molar-refractivity contribution is -0.0247. The second-order valence-electron chi connectivity index (χ2n) is 19.5. The molecule has 0 amide bonds. The smallest absolute Gasteiger partial charge is 0.338 e. The molecule has 4 heteroatoms. The van der Waals surface area contributed by atoms with Gasteiger partial charge in [0.2, 0.25) is 0 Å². The third kappa shape index (κ3) is 13.2. The summed E-state index contributed by atoms with van der Waals surface area (Å²) in [4.78, 5) is 26.9. The van der Waals surface area contributed by atoms with Crippen molar-refractivity contribution < 1.29 is 19.1 Å². The van der Waals surface area contributed by atoms with E-state index in [4.69, 9.17) is 9.47 Å². The summed E-state index contributed by atoms with van der Waals surface area (Å²) < 4.78 is 12.1. The van der Waals surface area contributed by atoms with Gasteiger partial charge in [-0.2, -0.15) is 0 Å². The number of esters is 2. The Balaban J connectivity index is 0.883. The number of carbonyl (C=O) groups excluding carboxylic acids is 2. The summed E-state index contributed by atoms with van der Waals surface area (Å²) in [6.45, 7) is 4.64. The van der Waals surface area contributed by atoms with Crippen LogP contribution >= 0.6 is 0 Å². The minimum Gasteiger partial charge on any atom is -0.458 e. The van der Waals surface area contributed by atoms with E-state index in [-0.39, 0.29) is 24.5 Å². The van der Waals surface area contributed by atoms with Gasteiger partial charge in [-0.3, -0.25) is 0 Å². The number of carbonyl (C=O) groups is 2. The predicted molar refractivity (Wildman–Crippen MR) is 257 cm³/mol. The Morgan fingerprint density at radius 3 is 1.29 bits per heavy atom. The van der Waals surface area contributed by atoms with Crippen LogP contribution in [0.5, 0.6) is 0 Å². The first-order valence-corrected chi connectivity index (χ1v) is 25.3. The number of unbranched alkanes of at least 4 members (excludes halogenated alkanes) is 6. The van der Waals surface area contributed by atoms with Crippen LogP contribution in [0.25, 0.3) is 22.3 Å². The Morgan fingerprint density at radius 1 is 0.468 bits per heavy atom. The van der Waals surface area contributed by atoms with Gasteiger partial charge in [0.15, 0.2) is 0 Å². The molecule has 4 aromatic rings. The van der Waals surface area contributed by atoms with E-state index < -0.39 is 6.10 Å². The summed E-state index contributed by atoms with van der Waals surface area (Å²) in [6.07, 6.45) is 29.3. The molecule has 0 spiro atoms. The summed E-state index contributed by atoms with van der Waals surface area (Å²) in [6, 6.07) is 33.7. The van der Waals surface area contributed by atoms with Gasteiger partial charge >= 0.3 is 11.9 Å². The monoisotopic (exact) mass is 837 g/mol. The van der Waals surface area contributed by atoms with E-state index in [9.17, 15) is 9.59 Å². The van der Waals surface area contributed by atoms with Crippen molar-refractivity contribution in [1.29, 1.82) is 0 Å². The summed E-state index contributed by atoms with van der Waals surface area (Å²) in [5.74, 6) is 2.61. The Morgan fingerprint density at radius 2 is 0.871 bits per heavy atom. The average molecular weight is 837 g/mol. The highest BCUT2D eigenvalue weighted by Crippen LogP contribution is 2.40. The third-order valence-electron chi connectivity index (χ3n) is 15.1. The normalized spacial score (nSPS) is 21.3. The maximum atomic E-state index is 13.6. The van der Waals surface area contributed by atoms with Crippen LogP contribution in [0.4, 0.5) is 0 Å². The van der Waals surface area contributed by atoms with Gasteiger partial charge in [0.05, 0.1) is 11.1 Å². The quantitative estimate of drug-likeness (QED) is 0.0657.